The first-order valence-corrected chi connectivity index (χ1v) is 4.21. The molecule has 0 saturated carbocycles. The summed E-state index contributed by atoms with van der Waals surface area (Å²) in [5.41, 5.74) is -0.302. The summed E-state index contributed by atoms with van der Waals surface area (Å²) in [6.45, 7) is 2.18. The van der Waals surface area contributed by atoms with E-state index >= 15 is 0 Å². The van der Waals surface area contributed by atoms with Crippen LogP contribution < -0.4 is 0 Å². The van der Waals surface area contributed by atoms with E-state index in [4.69, 9.17) is 16.3 Å². The standard InChI is InChI=1S/C7H12ClNO3/c1-11-7(10)5-9-2-3-12-6(8)4-9/h6H,2-5H2,1H3. The Hall–Kier alpha value is -0.320. The molecule has 1 saturated heterocycles. The summed E-state index contributed by atoms with van der Waals surface area (Å²) in [7, 11) is 1.38. The normalized spacial score (nSPS) is 25.3. The van der Waals surface area contributed by atoms with E-state index in [1.807, 2.05) is 4.90 Å². The molecule has 0 spiro atoms. The number of carbonyl (C=O) groups is 1. The molecule has 0 N–H and O–H groups in total. The highest BCUT2D eigenvalue weighted by molar-refractivity contribution is 6.19. The zero-order valence-corrected chi connectivity index (χ0v) is 7.71. The second-order valence-corrected chi connectivity index (χ2v) is 3.08. The molecule has 1 atom stereocenters. The maximum atomic E-state index is 10.8. The molecule has 4 nitrogen and oxygen atoms in total. The first-order valence-electron chi connectivity index (χ1n) is 3.77. The number of esters is 1. The molecule has 1 aliphatic rings. The van der Waals surface area contributed by atoms with Crippen LogP contribution in [0.25, 0.3) is 0 Å². The molecule has 1 unspecified atom stereocenters. The van der Waals surface area contributed by atoms with Crippen LogP contribution in [0.15, 0.2) is 0 Å². The molecule has 70 valence electrons. The largest absolute Gasteiger partial charge is 0.468 e. The molecule has 0 aliphatic carbocycles. The molecule has 0 bridgehead atoms. The minimum absolute atomic E-state index is 0.235. The summed E-state index contributed by atoms with van der Waals surface area (Å²) < 4.78 is 9.62. The second-order valence-electron chi connectivity index (χ2n) is 2.59. The number of ether oxygens (including phenoxy) is 2. The molecular weight excluding hydrogens is 182 g/mol. The summed E-state index contributed by atoms with van der Waals surface area (Å²) in [6, 6.07) is 0. The van der Waals surface area contributed by atoms with Gasteiger partial charge in [0.05, 0.1) is 20.3 Å². The second kappa shape index (κ2) is 4.64. The monoisotopic (exact) mass is 193 g/mol. The van der Waals surface area contributed by atoms with Gasteiger partial charge >= 0.3 is 5.97 Å². The Labute approximate surface area is 76.4 Å². The topological polar surface area (TPSA) is 38.8 Å². The Kier molecular flexibility index (Phi) is 3.78. The van der Waals surface area contributed by atoms with Gasteiger partial charge in [-0.3, -0.25) is 9.69 Å². The molecule has 0 aromatic heterocycles. The van der Waals surface area contributed by atoms with Crippen molar-refractivity contribution in [1.29, 1.82) is 0 Å². The Bertz CT molecular complexity index is 165. The van der Waals surface area contributed by atoms with Gasteiger partial charge in [0.15, 0.2) is 0 Å². The Morgan fingerprint density at radius 2 is 2.58 bits per heavy atom. The lowest BCUT2D eigenvalue weighted by atomic mass is 10.4. The van der Waals surface area contributed by atoms with Gasteiger partial charge in [-0.25, -0.2) is 0 Å². The third-order valence-electron chi connectivity index (χ3n) is 1.69. The lowest BCUT2D eigenvalue weighted by molar-refractivity contribution is -0.143. The smallest absolute Gasteiger partial charge is 0.319 e. The number of hydrogen-bond acceptors (Lipinski definition) is 4. The summed E-state index contributed by atoms with van der Waals surface area (Å²) in [5, 5.41) is 0. The fourth-order valence-electron chi connectivity index (χ4n) is 1.05. The third kappa shape index (κ3) is 2.97. The maximum Gasteiger partial charge on any atom is 0.319 e. The van der Waals surface area contributed by atoms with Gasteiger partial charge in [0, 0.05) is 13.1 Å². The predicted molar refractivity (Wildman–Crippen MR) is 44.0 cm³/mol. The van der Waals surface area contributed by atoms with Gasteiger partial charge in [0.25, 0.3) is 0 Å². The van der Waals surface area contributed by atoms with Crippen LogP contribution in [0.1, 0.15) is 0 Å². The van der Waals surface area contributed by atoms with E-state index in [0.717, 1.165) is 6.54 Å². The van der Waals surface area contributed by atoms with E-state index < -0.39 is 0 Å². The Balaban J connectivity index is 2.27. The van der Waals surface area contributed by atoms with Crippen molar-refractivity contribution >= 4 is 17.6 Å². The van der Waals surface area contributed by atoms with Crippen molar-refractivity contribution in [3.05, 3.63) is 0 Å². The van der Waals surface area contributed by atoms with E-state index in [1.165, 1.54) is 7.11 Å². The van der Waals surface area contributed by atoms with Gasteiger partial charge in [0.2, 0.25) is 0 Å². The minimum atomic E-state index is -0.302. The van der Waals surface area contributed by atoms with Crippen LogP contribution >= 0.6 is 11.6 Å². The number of morpholine rings is 1. The van der Waals surface area contributed by atoms with E-state index in [9.17, 15) is 4.79 Å². The summed E-state index contributed by atoms with van der Waals surface area (Å²) in [5.74, 6) is -0.235. The van der Waals surface area contributed by atoms with Crippen molar-refractivity contribution < 1.29 is 14.3 Å². The molecule has 1 aliphatic heterocycles. The molecule has 1 heterocycles. The Morgan fingerprint density at radius 1 is 1.83 bits per heavy atom. The summed E-state index contributed by atoms with van der Waals surface area (Å²) >= 11 is 5.72. The average Bonchev–Trinajstić information content (AvgIpc) is 2.04. The molecule has 5 heteroatoms. The molecule has 1 rings (SSSR count). The van der Waals surface area contributed by atoms with E-state index in [0.29, 0.717) is 19.7 Å². The van der Waals surface area contributed by atoms with Crippen molar-refractivity contribution in [3.8, 4) is 0 Å². The molecule has 0 radical (unpaired) electrons. The highest BCUT2D eigenvalue weighted by Crippen LogP contribution is 2.07. The van der Waals surface area contributed by atoms with Crippen LogP contribution in [0.5, 0.6) is 0 Å². The first kappa shape index (κ1) is 9.77. The SMILES string of the molecule is COC(=O)CN1CCOC(Cl)C1. The van der Waals surface area contributed by atoms with E-state index in [2.05, 4.69) is 4.74 Å². The lowest BCUT2D eigenvalue weighted by Crippen LogP contribution is -2.42. The van der Waals surface area contributed by atoms with Crippen LogP contribution in [-0.2, 0) is 14.3 Å². The highest BCUT2D eigenvalue weighted by Gasteiger charge is 2.20. The Morgan fingerprint density at radius 3 is 3.17 bits per heavy atom. The summed E-state index contributed by atoms with van der Waals surface area (Å²) in [6.07, 6.45) is 0. The maximum absolute atomic E-state index is 10.8. The van der Waals surface area contributed by atoms with Crippen molar-refractivity contribution in [1.82, 2.24) is 4.90 Å². The van der Waals surface area contributed by atoms with Gasteiger partial charge in [-0.1, -0.05) is 11.6 Å². The summed E-state index contributed by atoms with van der Waals surface area (Å²) in [4.78, 5) is 12.7. The number of carbonyl (C=O) groups excluding carboxylic acids is 1. The van der Waals surface area contributed by atoms with Crippen molar-refractivity contribution in [3.63, 3.8) is 0 Å². The first-order chi connectivity index (χ1) is 5.72. The molecule has 0 amide bonds. The number of rotatable bonds is 2. The van der Waals surface area contributed by atoms with Crippen molar-refractivity contribution in [2.75, 3.05) is 33.4 Å². The average molecular weight is 194 g/mol. The fraction of sp³-hybridized carbons (Fsp3) is 0.857. The highest BCUT2D eigenvalue weighted by atomic mass is 35.5. The predicted octanol–water partition coefficient (Wildman–Crippen LogP) is 0.0565. The van der Waals surface area contributed by atoms with Crippen molar-refractivity contribution in [2.24, 2.45) is 0 Å². The van der Waals surface area contributed by atoms with Crippen LogP contribution in [0, 0.1) is 0 Å². The minimum Gasteiger partial charge on any atom is -0.468 e. The molecular formula is C7H12ClNO3. The lowest BCUT2D eigenvalue weighted by Gasteiger charge is -2.28. The number of alkyl halides is 1. The van der Waals surface area contributed by atoms with Gasteiger partial charge in [0.1, 0.15) is 5.56 Å². The van der Waals surface area contributed by atoms with Crippen LogP contribution in [0.2, 0.25) is 0 Å². The number of halogens is 1. The third-order valence-corrected chi connectivity index (χ3v) is 1.95. The van der Waals surface area contributed by atoms with Gasteiger partial charge in [-0.05, 0) is 0 Å². The van der Waals surface area contributed by atoms with Gasteiger partial charge in [-0.2, -0.15) is 0 Å². The number of nitrogens with zero attached hydrogens (tertiary/aromatic N) is 1. The molecule has 12 heavy (non-hydrogen) atoms. The zero-order valence-electron chi connectivity index (χ0n) is 6.96. The molecule has 0 aromatic carbocycles. The molecule has 0 aromatic rings. The van der Waals surface area contributed by atoms with E-state index in [1.54, 1.807) is 0 Å². The number of methoxy groups -OCH3 is 1. The van der Waals surface area contributed by atoms with E-state index in [-0.39, 0.29) is 11.5 Å². The van der Waals surface area contributed by atoms with Crippen LogP contribution in [-0.4, -0.2) is 49.8 Å². The van der Waals surface area contributed by atoms with Gasteiger partial charge in [-0.15, -0.1) is 0 Å². The van der Waals surface area contributed by atoms with Crippen LogP contribution in [0.3, 0.4) is 0 Å². The van der Waals surface area contributed by atoms with Gasteiger partial charge < -0.3 is 9.47 Å². The van der Waals surface area contributed by atoms with Crippen molar-refractivity contribution in [2.45, 2.75) is 5.56 Å². The number of hydrogen-bond donors (Lipinski definition) is 0. The van der Waals surface area contributed by atoms with Crippen LogP contribution in [0.4, 0.5) is 0 Å². The molecule has 1 fully saturated rings. The quantitative estimate of drug-likeness (QED) is 0.459. The zero-order chi connectivity index (χ0) is 8.97. The fourth-order valence-corrected chi connectivity index (χ4v) is 1.33.